The molecule has 6 heteroatoms. The van der Waals surface area contributed by atoms with Gasteiger partial charge in [0.25, 0.3) is 0 Å². The summed E-state index contributed by atoms with van der Waals surface area (Å²) in [5.41, 5.74) is 7.45. The largest absolute Gasteiger partial charge is 1.00 e. The van der Waals surface area contributed by atoms with Crippen LogP contribution in [0.3, 0.4) is 0 Å². The van der Waals surface area contributed by atoms with E-state index >= 15 is 0 Å². The van der Waals surface area contributed by atoms with Gasteiger partial charge in [-0.15, -0.1) is 0 Å². The molecule has 0 saturated heterocycles. The number of carbonyl (C=O) groups is 2. The molecule has 20 heavy (non-hydrogen) atoms. The van der Waals surface area contributed by atoms with Crippen LogP contribution < -0.4 is 45.3 Å². The molecule has 0 spiro atoms. The van der Waals surface area contributed by atoms with Crippen molar-refractivity contribution < 1.29 is 44.3 Å². The topological polar surface area (TPSA) is 86.5 Å². The van der Waals surface area contributed by atoms with E-state index in [0.29, 0.717) is 12.1 Å². The molecule has 1 aromatic carbocycles. The maximum atomic E-state index is 12.3. The molecule has 0 aliphatic carbocycles. The minimum absolute atomic E-state index is 0. The maximum absolute atomic E-state index is 12.3. The summed E-state index contributed by atoms with van der Waals surface area (Å²) in [7, 11) is 0. The third-order valence-corrected chi connectivity index (χ3v) is 3.36. The van der Waals surface area contributed by atoms with Gasteiger partial charge in [0, 0.05) is 5.69 Å². The van der Waals surface area contributed by atoms with Gasteiger partial charge in [-0.05, 0) is 30.9 Å². The number of hydrogen-bond donors (Lipinski definition) is 1. The number of nitrogens with zero attached hydrogens (tertiary/aromatic N) is 1. The van der Waals surface area contributed by atoms with Crippen molar-refractivity contribution in [1.29, 1.82) is 0 Å². The zero-order valence-electron chi connectivity index (χ0n) is 11.7. The smallest absolute Gasteiger partial charge is 0.548 e. The van der Waals surface area contributed by atoms with Crippen LogP contribution in [0.25, 0.3) is 0 Å². The first kappa shape index (κ1) is 17.2. The van der Waals surface area contributed by atoms with Gasteiger partial charge in [-0.25, -0.2) is 0 Å². The fourth-order valence-corrected chi connectivity index (χ4v) is 2.40. The summed E-state index contributed by atoms with van der Waals surface area (Å²) in [5.74, 6) is -1.63. The molecule has 2 N–H and O–H groups in total. The summed E-state index contributed by atoms with van der Waals surface area (Å²) in [5, 5.41) is 10.9. The van der Waals surface area contributed by atoms with Crippen molar-refractivity contribution in [2.75, 3.05) is 11.4 Å². The van der Waals surface area contributed by atoms with E-state index in [1.165, 1.54) is 4.90 Å². The molecule has 1 heterocycles. The number of carboxylic acid groups (broad SMARTS) is 1. The van der Waals surface area contributed by atoms with Crippen molar-refractivity contribution in [3.8, 4) is 0 Å². The van der Waals surface area contributed by atoms with Gasteiger partial charge in [-0.2, -0.15) is 0 Å². The summed E-state index contributed by atoms with van der Waals surface area (Å²) in [6.45, 7) is -0.455. The Morgan fingerprint density at radius 1 is 1.35 bits per heavy atom. The molecule has 0 bridgehead atoms. The van der Waals surface area contributed by atoms with E-state index in [1.807, 2.05) is 12.1 Å². The van der Waals surface area contributed by atoms with Crippen LogP contribution in [-0.4, -0.2) is 24.5 Å². The van der Waals surface area contributed by atoms with E-state index in [0.717, 1.165) is 24.8 Å². The zero-order valence-corrected chi connectivity index (χ0v) is 13.7. The van der Waals surface area contributed by atoms with Crippen LogP contribution >= 0.6 is 0 Å². The second-order valence-corrected chi connectivity index (χ2v) is 4.78. The number of para-hydroxylation sites is 1. The number of anilines is 1. The third-order valence-electron chi connectivity index (χ3n) is 3.36. The molecule has 1 aromatic rings. The van der Waals surface area contributed by atoms with Crippen molar-refractivity contribution >= 4 is 17.6 Å². The number of amides is 1. The first-order valence-electron chi connectivity index (χ1n) is 6.44. The molecular weight excluding hydrogens is 267 g/mol. The van der Waals surface area contributed by atoms with E-state index < -0.39 is 18.6 Å². The molecule has 1 amide bonds. The Balaban J connectivity index is 0.00000200. The molecule has 0 fully saturated rings. The SMILES string of the molecule is NC1CCCCc2ccccc2N(CC(=O)[O-])C1=O.[Na+]. The van der Waals surface area contributed by atoms with E-state index in [4.69, 9.17) is 5.73 Å². The Kier molecular flexibility index (Phi) is 6.68. The van der Waals surface area contributed by atoms with Crippen LogP contribution in [0.15, 0.2) is 24.3 Å². The summed E-state index contributed by atoms with van der Waals surface area (Å²) in [6.07, 6.45) is 3.20. The molecular formula is C14H17N2NaO3. The third kappa shape index (κ3) is 4.06. The van der Waals surface area contributed by atoms with Gasteiger partial charge in [0.15, 0.2) is 0 Å². The number of rotatable bonds is 2. The Morgan fingerprint density at radius 3 is 2.75 bits per heavy atom. The summed E-state index contributed by atoms with van der Waals surface area (Å²) in [4.78, 5) is 24.4. The van der Waals surface area contributed by atoms with E-state index in [1.54, 1.807) is 12.1 Å². The number of carbonyl (C=O) groups excluding carboxylic acids is 2. The minimum Gasteiger partial charge on any atom is -0.548 e. The molecule has 0 aromatic heterocycles. The number of benzene rings is 1. The van der Waals surface area contributed by atoms with Crippen molar-refractivity contribution in [2.45, 2.75) is 31.7 Å². The molecule has 1 aliphatic heterocycles. The molecule has 5 nitrogen and oxygen atoms in total. The second kappa shape index (κ2) is 7.78. The summed E-state index contributed by atoms with van der Waals surface area (Å²) < 4.78 is 0. The standard InChI is InChI=1S/C14H18N2O3.Na/c15-11-7-3-1-5-10-6-2-4-8-12(10)16(14(11)19)9-13(17)18;/h2,4,6,8,11H,1,3,5,7,9,15H2,(H,17,18);/q;+1/p-1. The molecule has 102 valence electrons. The van der Waals surface area contributed by atoms with Gasteiger partial charge in [0.1, 0.15) is 0 Å². The summed E-state index contributed by atoms with van der Waals surface area (Å²) in [6, 6.07) is 6.71. The molecule has 1 aliphatic rings. The zero-order chi connectivity index (χ0) is 13.8. The number of nitrogens with two attached hydrogens (primary N) is 1. The Hall–Kier alpha value is -0.880. The predicted molar refractivity (Wildman–Crippen MR) is 69.3 cm³/mol. The normalized spacial score (nSPS) is 19.1. The number of aryl methyl sites for hydroxylation is 1. The first-order valence-corrected chi connectivity index (χ1v) is 6.44. The molecule has 1 atom stereocenters. The Bertz CT molecular complexity index is 493. The second-order valence-electron chi connectivity index (χ2n) is 4.78. The average Bonchev–Trinajstić information content (AvgIpc) is 2.44. The fraction of sp³-hybridized carbons (Fsp3) is 0.429. The molecule has 0 radical (unpaired) electrons. The van der Waals surface area contributed by atoms with Crippen LogP contribution in [0.2, 0.25) is 0 Å². The predicted octanol–water partition coefficient (Wildman–Crippen LogP) is -3.17. The quantitative estimate of drug-likeness (QED) is 0.580. The first-order chi connectivity index (χ1) is 9.09. The van der Waals surface area contributed by atoms with Crippen molar-refractivity contribution in [2.24, 2.45) is 5.73 Å². The maximum Gasteiger partial charge on any atom is 1.00 e. The number of hydrogen-bond acceptors (Lipinski definition) is 4. The van der Waals surface area contributed by atoms with Gasteiger partial charge < -0.3 is 20.5 Å². The molecule has 0 saturated carbocycles. The molecule has 1 unspecified atom stereocenters. The van der Waals surface area contributed by atoms with E-state index in [9.17, 15) is 14.7 Å². The van der Waals surface area contributed by atoms with Crippen LogP contribution in [-0.2, 0) is 16.0 Å². The van der Waals surface area contributed by atoms with Crippen molar-refractivity contribution in [3.05, 3.63) is 29.8 Å². The summed E-state index contributed by atoms with van der Waals surface area (Å²) >= 11 is 0. The Labute approximate surface area is 140 Å². The Morgan fingerprint density at radius 2 is 2.05 bits per heavy atom. The van der Waals surface area contributed by atoms with Crippen molar-refractivity contribution in [3.63, 3.8) is 0 Å². The fourth-order valence-electron chi connectivity index (χ4n) is 2.40. The van der Waals surface area contributed by atoms with Gasteiger partial charge in [-0.3, -0.25) is 4.79 Å². The minimum atomic E-state index is -1.28. The number of fused-ring (bicyclic) bond motifs is 1. The monoisotopic (exact) mass is 284 g/mol. The number of aliphatic carboxylic acids is 1. The van der Waals surface area contributed by atoms with Gasteiger partial charge in [-0.1, -0.05) is 24.6 Å². The average molecular weight is 284 g/mol. The molecule has 2 rings (SSSR count). The van der Waals surface area contributed by atoms with Crippen LogP contribution in [0.5, 0.6) is 0 Å². The van der Waals surface area contributed by atoms with E-state index in [2.05, 4.69) is 0 Å². The number of carboxylic acids is 1. The van der Waals surface area contributed by atoms with Crippen molar-refractivity contribution in [1.82, 2.24) is 0 Å². The van der Waals surface area contributed by atoms with Crippen LogP contribution in [0.1, 0.15) is 24.8 Å². The van der Waals surface area contributed by atoms with Gasteiger partial charge in [0.2, 0.25) is 5.91 Å². The van der Waals surface area contributed by atoms with Crippen LogP contribution in [0, 0.1) is 0 Å². The van der Waals surface area contributed by atoms with E-state index in [-0.39, 0.29) is 35.5 Å². The van der Waals surface area contributed by atoms with Gasteiger partial charge >= 0.3 is 29.6 Å². The van der Waals surface area contributed by atoms with Gasteiger partial charge in [0.05, 0.1) is 18.6 Å². The van der Waals surface area contributed by atoms with Crippen LogP contribution in [0.4, 0.5) is 5.69 Å².